The van der Waals surface area contributed by atoms with Gasteiger partial charge >= 0.3 is 5.97 Å². The summed E-state index contributed by atoms with van der Waals surface area (Å²) in [4.78, 5) is 13.2. The minimum Gasteiger partial charge on any atom is -0.478 e. The average molecular weight is 298 g/mol. The average Bonchev–Trinajstić information content (AvgIpc) is 2.31. The molecule has 0 bridgehead atoms. The molecule has 6 nitrogen and oxygen atoms in total. The fourth-order valence-electron chi connectivity index (χ4n) is 2.50. The molecule has 110 valence electrons. The van der Waals surface area contributed by atoms with E-state index in [0.29, 0.717) is 18.7 Å². The number of carboxylic acids is 1. The van der Waals surface area contributed by atoms with Gasteiger partial charge in [0, 0.05) is 24.8 Å². The maximum atomic E-state index is 11.5. The van der Waals surface area contributed by atoms with E-state index < -0.39 is 15.8 Å². The second kappa shape index (κ2) is 5.41. The van der Waals surface area contributed by atoms with Gasteiger partial charge in [0.2, 0.25) is 0 Å². The van der Waals surface area contributed by atoms with E-state index in [-0.39, 0.29) is 28.8 Å². The van der Waals surface area contributed by atoms with Crippen molar-refractivity contribution in [1.29, 1.82) is 0 Å². The van der Waals surface area contributed by atoms with Gasteiger partial charge in [0.05, 0.1) is 17.1 Å². The molecule has 0 radical (unpaired) electrons. The van der Waals surface area contributed by atoms with Gasteiger partial charge in [-0.15, -0.1) is 0 Å². The van der Waals surface area contributed by atoms with Crippen LogP contribution < -0.4 is 5.73 Å². The molecule has 1 saturated heterocycles. The first-order valence-corrected chi connectivity index (χ1v) is 8.17. The van der Waals surface area contributed by atoms with Crippen LogP contribution in [0.5, 0.6) is 0 Å². The standard InChI is InChI=1S/C13H18N2O4S/c1-9-8-20(18,19)6-5-15(9)7-10-3-2-4-11(14)12(10)13(16)17/h2-4,9H,5-8,14H2,1H3,(H,16,17). The summed E-state index contributed by atoms with van der Waals surface area (Å²) in [5, 5.41) is 9.23. The van der Waals surface area contributed by atoms with E-state index in [1.165, 1.54) is 0 Å². The van der Waals surface area contributed by atoms with E-state index in [9.17, 15) is 18.3 Å². The molecule has 1 heterocycles. The molecule has 0 aliphatic carbocycles. The van der Waals surface area contributed by atoms with Crippen LogP contribution >= 0.6 is 0 Å². The number of nitrogens with zero attached hydrogens (tertiary/aromatic N) is 1. The quantitative estimate of drug-likeness (QED) is 0.792. The highest BCUT2D eigenvalue weighted by atomic mass is 32.2. The van der Waals surface area contributed by atoms with Crippen LogP contribution in [0.3, 0.4) is 0 Å². The third kappa shape index (κ3) is 3.10. The highest BCUT2D eigenvalue weighted by molar-refractivity contribution is 7.91. The summed E-state index contributed by atoms with van der Waals surface area (Å²) in [7, 11) is -2.97. The molecule has 3 N–H and O–H groups in total. The molecule has 2 rings (SSSR count). The Bertz CT molecular complexity index is 627. The zero-order valence-corrected chi connectivity index (χ0v) is 12.1. The van der Waals surface area contributed by atoms with Gasteiger partial charge < -0.3 is 10.8 Å². The van der Waals surface area contributed by atoms with Gasteiger partial charge in [-0.25, -0.2) is 13.2 Å². The molecule has 1 unspecified atom stereocenters. The van der Waals surface area contributed by atoms with Crippen molar-refractivity contribution >= 4 is 21.5 Å². The van der Waals surface area contributed by atoms with Gasteiger partial charge in [-0.3, -0.25) is 4.90 Å². The van der Waals surface area contributed by atoms with E-state index in [1.807, 2.05) is 11.8 Å². The number of nitrogens with two attached hydrogens (primary N) is 1. The first-order valence-electron chi connectivity index (χ1n) is 6.35. The Morgan fingerprint density at radius 2 is 2.20 bits per heavy atom. The number of aromatic carboxylic acids is 1. The molecule has 1 aliphatic rings. The Morgan fingerprint density at radius 1 is 1.50 bits per heavy atom. The van der Waals surface area contributed by atoms with Crippen LogP contribution in [0.25, 0.3) is 0 Å². The number of anilines is 1. The molecule has 7 heteroatoms. The third-order valence-electron chi connectivity index (χ3n) is 3.58. The second-order valence-corrected chi connectivity index (χ2v) is 7.35. The molecular formula is C13H18N2O4S. The monoisotopic (exact) mass is 298 g/mol. The van der Waals surface area contributed by atoms with Gasteiger partial charge in [0.15, 0.2) is 9.84 Å². The summed E-state index contributed by atoms with van der Waals surface area (Å²) in [5.74, 6) is -0.838. The Labute approximate surface area is 118 Å². The van der Waals surface area contributed by atoms with Gasteiger partial charge in [0.25, 0.3) is 0 Å². The highest BCUT2D eigenvalue weighted by Crippen LogP contribution is 2.21. The molecular weight excluding hydrogens is 280 g/mol. The molecule has 1 atom stereocenters. The van der Waals surface area contributed by atoms with E-state index >= 15 is 0 Å². The van der Waals surface area contributed by atoms with Crippen LogP contribution in [0, 0.1) is 0 Å². The van der Waals surface area contributed by atoms with Crippen molar-refractivity contribution in [2.24, 2.45) is 0 Å². The lowest BCUT2D eigenvalue weighted by Crippen LogP contribution is -2.46. The maximum absolute atomic E-state index is 11.5. The SMILES string of the molecule is CC1CS(=O)(=O)CCN1Cc1cccc(N)c1C(=O)O. The van der Waals surface area contributed by atoms with E-state index in [0.717, 1.165) is 0 Å². The van der Waals surface area contributed by atoms with Crippen molar-refractivity contribution in [2.45, 2.75) is 19.5 Å². The number of carbonyl (C=O) groups is 1. The van der Waals surface area contributed by atoms with Crippen LogP contribution in [0.4, 0.5) is 5.69 Å². The Kier molecular flexibility index (Phi) is 4.01. The van der Waals surface area contributed by atoms with Gasteiger partial charge in [-0.2, -0.15) is 0 Å². The lowest BCUT2D eigenvalue weighted by molar-refractivity contribution is 0.0695. The zero-order valence-electron chi connectivity index (χ0n) is 11.2. The first-order chi connectivity index (χ1) is 9.30. The summed E-state index contributed by atoms with van der Waals surface area (Å²) < 4.78 is 23.1. The van der Waals surface area contributed by atoms with Gasteiger partial charge in [-0.05, 0) is 18.6 Å². The summed E-state index contributed by atoms with van der Waals surface area (Å²) >= 11 is 0. The Balaban J connectivity index is 2.23. The second-order valence-electron chi connectivity index (χ2n) is 5.12. The number of carboxylic acid groups (broad SMARTS) is 1. The number of benzene rings is 1. The predicted octanol–water partition coefficient (Wildman–Crippen LogP) is 0.586. The van der Waals surface area contributed by atoms with Crippen molar-refractivity contribution in [3.8, 4) is 0 Å². The first kappa shape index (κ1) is 14.8. The summed E-state index contributed by atoms with van der Waals surface area (Å²) in [6, 6.07) is 4.85. The predicted molar refractivity (Wildman–Crippen MR) is 76.3 cm³/mol. The largest absolute Gasteiger partial charge is 0.478 e. The molecule has 20 heavy (non-hydrogen) atoms. The minimum atomic E-state index is -2.97. The Morgan fingerprint density at radius 3 is 2.80 bits per heavy atom. The van der Waals surface area contributed by atoms with E-state index in [2.05, 4.69) is 0 Å². The molecule has 1 aromatic carbocycles. The van der Waals surface area contributed by atoms with E-state index in [1.54, 1.807) is 18.2 Å². The summed E-state index contributed by atoms with van der Waals surface area (Å²) in [6.45, 7) is 2.64. The molecule has 1 fully saturated rings. The lowest BCUT2D eigenvalue weighted by atomic mass is 10.0. The lowest BCUT2D eigenvalue weighted by Gasteiger charge is -2.33. The maximum Gasteiger partial charge on any atom is 0.338 e. The van der Waals surface area contributed by atoms with Crippen molar-refractivity contribution in [3.05, 3.63) is 29.3 Å². The molecule has 1 aromatic rings. The van der Waals surface area contributed by atoms with Crippen LogP contribution in [0.2, 0.25) is 0 Å². The number of sulfone groups is 1. The van der Waals surface area contributed by atoms with Gasteiger partial charge in [-0.1, -0.05) is 12.1 Å². The fraction of sp³-hybridized carbons (Fsp3) is 0.462. The summed E-state index contributed by atoms with van der Waals surface area (Å²) in [6.07, 6.45) is 0. The van der Waals surface area contributed by atoms with E-state index in [4.69, 9.17) is 5.73 Å². The minimum absolute atomic E-state index is 0.105. The zero-order chi connectivity index (χ0) is 14.9. The van der Waals surface area contributed by atoms with Crippen molar-refractivity contribution in [3.63, 3.8) is 0 Å². The van der Waals surface area contributed by atoms with Crippen LogP contribution in [0.15, 0.2) is 18.2 Å². The molecule has 0 saturated carbocycles. The molecule has 0 aromatic heterocycles. The van der Waals surface area contributed by atoms with Crippen molar-refractivity contribution in [1.82, 2.24) is 4.90 Å². The van der Waals surface area contributed by atoms with Crippen molar-refractivity contribution < 1.29 is 18.3 Å². The third-order valence-corrected chi connectivity index (χ3v) is 5.37. The van der Waals surface area contributed by atoms with Crippen LogP contribution in [-0.4, -0.2) is 48.5 Å². The molecule has 1 aliphatic heterocycles. The van der Waals surface area contributed by atoms with Gasteiger partial charge in [0.1, 0.15) is 0 Å². The fourth-order valence-corrected chi connectivity index (χ4v) is 4.12. The van der Waals surface area contributed by atoms with Crippen LogP contribution in [0.1, 0.15) is 22.8 Å². The highest BCUT2D eigenvalue weighted by Gasteiger charge is 2.29. The Hall–Kier alpha value is -1.60. The number of hydrogen-bond acceptors (Lipinski definition) is 5. The van der Waals surface area contributed by atoms with Crippen molar-refractivity contribution in [2.75, 3.05) is 23.8 Å². The van der Waals surface area contributed by atoms with Crippen LogP contribution in [-0.2, 0) is 16.4 Å². The number of rotatable bonds is 3. The number of hydrogen-bond donors (Lipinski definition) is 2. The smallest absolute Gasteiger partial charge is 0.338 e. The molecule has 0 amide bonds. The molecule has 0 spiro atoms. The number of nitrogen functional groups attached to an aromatic ring is 1. The summed E-state index contributed by atoms with van der Waals surface area (Å²) in [5.41, 5.74) is 6.66. The topological polar surface area (TPSA) is 101 Å². The normalized spacial score (nSPS) is 22.6.